The molecule has 3 nitrogen and oxygen atoms in total. The number of methoxy groups -OCH3 is 1. The molecule has 0 aliphatic heterocycles. The van der Waals surface area contributed by atoms with E-state index in [0.717, 1.165) is 11.3 Å². The molecule has 6 heteroatoms. The predicted octanol–water partition coefficient (Wildman–Crippen LogP) is 3.39. The van der Waals surface area contributed by atoms with Crippen LogP contribution in [0, 0.1) is 5.82 Å². The summed E-state index contributed by atoms with van der Waals surface area (Å²) in [6.07, 6.45) is 1.40. The monoisotopic (exact) mass is 271 g/mol. The lowest BCUT2D eigenvalue weighted by Gasteiger charge is -1.97. The van der Waals surface area contributed by atoms with Gasteiger partial charge in [-0.25, -0.2) is 14.2 Å². The fourth-order valence-electron chi connectivity index (χ4n) is 1.23. The maximum atomic E-state index is 13.2. The van der Waals surface area contributed by atoms with Gasteiger partial charge in [-0.1, -0.05) is 17.7 Å². The number of aromatic nitrogens is 1. The highest BCUT2D eigenvalue weighted by atomic mass is 35.5. The van der Waals surface area contributed by atoms with Gasteiger partial charge in [-0.2, -0.15) is 0 Å². The highest BCUT2D eigenvalue weighted by Gasteiger charge is 2.12. The number of thiazole rings is 1. The van der Waals surface area contributed by atoms with E-state index in [9.17, 15) is 9.18 Å². The summed E-state index contributed by atoms with van der Waals surface area (Å²) < 4.78 is 17.8. The van der Waals surface area contributed by atoms with Gasteiger partial charge in [0.2, 0.25) is 0 Å². The Kier molecular flexibility index (Phi) is 3.40. The van der Waals surface area contributed by atoms with Gasteiger partial charge in [-0.3, -0.25) is 0 Å². The fourth-order valence-corrected chi connectivity index (χ4v) is 2.18. The second kappa shape index (κ2) is 4.81. The normalized spacial score (nSPS) is 10.3. The summed E-state index contributed by atoms with van der Waals surface area (Å²) >= 11 is 6.72. The average molecular weight is 272 g/mol. The van der Waals surface area contributed by atoms with Crippen LogP contribution in [0.25, 0.3) is 10.6 Å². The van der Waals surface area contributed by atoms with Crippen molar-refractivity contribution >= 4 is 28.9 Å². The Hall–Kier alpha value is -1.46. The molecule has 88 valence electrons. The Bertz CT molecular complexity index is 570. The Morgan fingerprint density at radius 1 is 1.53 bits per heavy atom. The molecule has 2 aromatic rings. The zero-order valence-electron chi connectivity index (χ0n) is 8.74. The van der Waals surface area contributed by atoms with Crippen LogP contribution in [0.4, 0.5) is 4.39 Å². The molecule has 0 bridgehead atoms. The second-order valence-electron chi connectivity index (χ2n) is 3.15. The van der Waals surface area contributed by atoms with E-state index in [-0.39, 0.29) is 5.02 Å². The van der Waals surface area contributed by atoms with E-state index in [2.05, 4.69) is 9.72 Å². The topological polar surface area (TPSA) is 39.2 Å². The van der Waals surface area contributed by atoms with Crippen LogP contribution in [0.5, 0.6) is 0 Å². The molecular formula is C11H7ClFNO2S. The number of benzene rings is 1. The van der Waals surface area contributed by atoms with Crippen molar-refractivity contribution < 1.29 is 13.9 Å². The summed E-state index contributed by atoms with van der Waals surface area (Å²) in [7, 11) is 1.30. The van der Waals surface area contributed by atoms with Gasteiger partial charge in [0.05, 0.1) is 18.3 Å². The van der Waals surface area contributed by atoms with E-state index in [1.165, 1.54) is 25.4 Å². The fraction of sp³-hybridized carbons (Fsp3) is 0.0909. The summed E-state index contributed by atoms with van der Waals surface area (Å²) in [6.45, 7) is 0. The lowest BCUT2D eigenvalue weighted by molar-refractivity contribution is 0.0606. The molecule has 0 spiro atoms. The van der Waals surface area contributed by atoms with Crippen molar-refractivity contribution in [3.05, 3.63) is 40.1 Å². The minimum Gasteiger partial charge on any atom is -0.465 e. The zero-order valence-corrected chi connectivity index (χ0v) is 10.3. The van der Waals surface area contributed by atoms with Crippen LogP contribution >= 0.6 is 22.9 Å². The van der Waals surface area contributed by atoms with Crippen molar-refractivity contribution in [2.45, 2.75) is 0 Å². The molecule has 1 aromatic heterocycles. The Morgan fingerprint density at radius 2 is 2.29 bits per heavy atom. The number of carbonyl (C=O) groups is 1. The minimum atomic E-state index is -0.515. The molecule has 0 saturated heterocycles. The van der Waals surface area contributed by atoms with Crippen LogP contribution in [0.3, 0.4) is 0 Å². The third-order valence-electron chi connectivity index (χ3n) is 2.06. The van der Waals surface area contributed by atoms with Crippen molar-refractivity contribution in [2.24, 2.45) is 0 Å². The second-order valence-corrected chi connectivity index (χ2v) is 4.59. The van der Waals surface area contributed by atoms with Gasteiger partial charge in [-0.05, 0) is 12.1 Å². The van der Waals surface area contributed by atoms with Crippen LogP contribution in [-0.4, -0.2) is 18.1 Å². The third kappa shape index (κ3) is 2.45. The van der Waals surface area contributed by atoms with E-state index in [1.807, 2.05) is 0 Å². The summed E-state index contributed by atoms with van der Waals surface area (Å²) in [5.74, 6) is -0.970. The summed E-state index contributed by atoms with van der Waals surface area (Å²) in [5, 5.41) is 0.597. The van der Waals surface area contributed by atoms with E-state index < -0.39 is 11.8 Å². The molecule has 17 heavy (non-hydrogen) atoms. The van der Waals surface area contributed by atoms with Crippen molar-refractivity contribution in [1.82, 2.24) is 4.98 Å². The number of rotatable bonds is 2. The number of esters is 1. The molecule has 0 radical (unpaired) electrons. The lowest BCUT2D eigenvalue weighted by atomic mass is 10.2. The van der Waals surface area contributed by atoms with Gasteiger partial charge < -0.3 is 4.74 Å². The largest absolute Gasteiger partial charge is 0.465 e. The first-order chi connectivity index (χ1) is 8.11. The molecule has 0 saturated carbocycles. The van der Waals surface area contributed by atoms with Gasteiger partial charge in [0.1, 0.15) is 15.7 Å². The van der Waals surface area contributed by atoms with Gasteiger partial charge in [0, 0.05) is 5.56 Å². The van der Waals surface area contributed by atoms with Gasteiger partial charge >= 0.3 is 5.97 Å². The molecule has 0 amide bonds. The van der Waals surface area contributed by atoms with Gasteiger partial charge in [-0.15, -0.1) is 11.3 Å². The smallest absolute Gasteiger partial charge is 0.349 e. The van der Waals surface area contributed by atoms with E-state index in [4.69, 9.17) is 11.6 Å². The van der Waals surface area contributed by atoms with Crippen molar-refractivity contribution in [3.63, 3.8) is 0 Å². The molecule has 0 aliphatic rings. The Balaban J connectivity index is 2.37. The molecule has 0 fully saturated rings. The SMILES string of the molecule is COC(=O)c1cnc(-c2ccc(Cl)c(F)c2)s1. The summed E-state index contributed by atoms with van der Waals surface area (Å²) in [4.78, 5) is 15.6. The maximum Gasteiger partial charge on any atom is 0.349 e. The zero-order chi connectivity index (χ0) is 12.4. The number of ether oxygens (including phenoxy) is 1. The highest BCUT2D eigenvalue weighted by molar-refractivity contribution is 7.16. The van der Waals surface area contributed by atoms with Crippen molar-refractivity contribution in [3.8, 4) is 10.6 Å². The van der Waals surface area contributed by atoms with E-state index in [1.54, 1.807) is 6.07 Å². The minimum absolute atomic E-state index is 0.0542. The standard InChI is InChI=1S/C11H7ClFNO2S/c1-16-11(15)9-5-14-10(17-9)6-2-3-7(12)8(13)4-6/h2-5H,1H3. The average Bonchev–Trinajstić information content (AvgIpc) is 2.81. The van der Waals surface area contributed by atoms with Crippen LogP contribution < -0.4 is 0 Å². The first kappa shape index (κ1) is 12.0. The van der Waals surface area contributed by atoms with Crippen LogP contribution in [0.1, 0.15) is 9.67 Å². The Labute approximate surface area is 106 Å². The number of hydrogen-bond donors (Lipinski definition) is 0. The first-order valence-electron chi connectivity index (χ1n) is 4.61. The van der Waals surface area contributed by atoms with Crippen LogP contribution in [0.15, 0.2) is 24.4 Å². The number of hydrogen-bond acceptors (Lipinski definition) is 4. The van der Waals surface area contributed by atoms with Gasteiger partial charge in [0.15, 0.2) is 0 Å². The van der Waals surface area contributed by atoms with E-state index in [0.29, 0.717) is 15.4 Å². The molecule has 0 N–H and O–H groups in total. The molecule has 2 rings (SSSR count). The number of halogens is 2. The first-order valence-corrected chi connectivity index (χ1v) is 5.81. The Morgan fingerprint density at radius 3 is 2.94 bits per heavy atom. The maximum absolute atomic E-state index is 13.2. The highest BCUT2D eigenvalue weighted by Crippen LogP contribution is 2.28. The van der Waals surface area contributed by atoms with Gasteiger partial charge in [0.25, 0.3) is 0 Å². The van der Waals surface area contributed by atoms with E-state index >= 15 is 0 Å². The molecule has 0 unspecified atom stereocenters. The molecule has 1 aromatic carbocycles. The molecule has 0 atom stereocenters. The third-order valence-corrected chi connectivity index (χ3v) is 3.39. The summed E-state index contributed by atoms with van der Waals surface area (Å²) in [6, 6.07) is 4.37. The molecular weight excluding hydrogens is 265 g/mol. The molecule has 0 aliphatic carbocycles. The summed E-state index contributed by atoms with van der Waals surface area (Å²) in [5.41, 5.74) is 0.576. The quantitative estimate of drug-likeness (QED) is 0.786. The van der Waals surface area contributed by atoms with Crippen molar-refractivity contribution in [2.75, 3.05) is 7.11 Å². The predicted molar refractivity (Wildman–Crippen MR) is 63.9 cm³/mol. The van der Waals surface area contributed by atoms with Crippen LogP contribution in [-0.2, 0) is 4.74 Å². The number of nitrogens with zero attached hydrogens (tertiary/aromatic N) is 1. The lowest BCUT2D eigenvalue weighted by Crippen LogP contribution is -1.96. The molecule has 1 heterocycles. The number of carbonyl (C=O) groups excluding carboxylic acids is 1. The van der Waals surface area contributed by atoms with Crippen LogP contribution in [0.2, 0.25) is 5.02 Å². The van der Waals surface area contributed by atoms with Crippen molar-refractivity contribution in [1.29, 1.82) is 0 Å².